The summed E-state index contributed by atoms with van der Waals surface area (Å²) in [5.74, 6) is 0. The average Bonchev–Trinajstić information content (AvgIpc) is 2.73. The van der Waals surface area contributed by atoms with E-state index in [1.54, 1.807) is 11.3 Å². The molecule has 1 heterocycles. The van der Waals surface area contributed by atoms with Crippen LogP contribution in [-0.4, -0.2) is 22.2 Å². The molecule has 1 aromatic heterocycles. The van der Waals surface area contributed by atoms with Gasteiger partial charge in [0.25, 0.3) is 0 Å². The largest absolute Gasteiger partial charge is 0.392 e. The number of nitrogens with one attached hydrogen (secondary N) is 1. The van der Waals surface area contributed by atoms with Gasteiger partial charge >= 0.3 is 0 Å². The number of nitrogens with zero attached hydrogens (tertiary/aromatic N) is 1. The van der Waals surface area contributed by atoms with Crippen molar-refractivity contribution >= 4 is 11.3 Å². The van der Waals surface area contributed by atoms with Crippen LogP contribution in [0.3, 0.4) is 0 Å². The highest BCUT2D eigenvalue weighted by Gasteiger charge is 2.25. The third-order valence-electron chi connectivity index (χ3n) is 3.77. The Balaban J connectivity index is 2.01. The van der Waals surface area contributed by atoms with Gasteiger partial charge in [0.05, 0.1) is 16.8 Å². The predicted molar refractivity (Wildman–Crippen MR) is 76.0 cm³/mol. The fraction of sp³-hybridized carbons (Fsp3) is 0.786. The van der Waals surface area contributed by atoms with E-state index in [-0.39, 0.29) is 12.1 Å². The first kappa shape index (κ1) is 14.0. The Morgan fingerprint density at radius 2 is 2.17 bits per heavy atom. The number of rotatable bonds is 4. The monoisotopic (exact) mass is 268 g/mol. The number of aryl methyl sites for hydroxylation is 2. The molecule has 0 radical (unpaired) electrons. The van der Waals surface area contributed by atoms with Crippen LogP contribution >= 0.6 is 11.3 Å². The van der Waals surface area contributed by atoms with Gasteiger partial charge in [-0.2, -0.15) is 0 Å². The smallest absolute Gasteiger partial charge is 0.0928 e. The van der Waals surface area contributed by atoms with Crippen molar-refractivity contribution in [2.75, 3.05) is 0 Å². The van der Waals surface area contributed by atoms with Crippen molar-refractivity contribution in [1.29, 1.82) is 0 Å². The van der Waals surface area contributed by atoms with E-state index in [9.17, 15) is 5.11 Å². The number of aromatic nitrogens is 1. The summed E-state index contributed by atoms with van der Waals surface area (Å²) in [5.41, 5.74) is 1.14. The first-order valence-electron chi connectivity index (χ1n) is 7.02. The normalized spacial score (nSPS) is 26.2. The molecule has 4 heteroatoms. The van der Waals surface area contributed by atoms with Crippen LogP contribution in [0.15, 0.2) is 0 Å². The molecule has 0 amide bonds. The molecule has 1 aliphatic rings. The van der Waals surface area contributed by atoms with Crippen LogP contribution in [0.5, 0.6) is 0 Å². The molecule has 1 aromatic rings. The van der Waals surface area contributed by atoms with Gasteiger partial charge in [-0.25, -0.2) is 4.98 Å². The molecule has 0 spiro atoms. The maximum atomic E-state index is 10.0. The van der Waals surface area contributed by atoms with Crippen LogP contribution in [0.1, 0.15) is 61.2 Å². The van der Waals surface area contributed by atoms with Gasteiger partial charge in [0, 0.05) is 17.0 Å². The third-order valence-corrected chi connectivity index (χ3v) is 5.25. The molecule has 2 rings (SSSR count). The lowest BCUT2D eigenvalue weighted by atomic mass is 9.92. The minimum absolute atomic E-state index is 0.180. The molecular weight excluding hydrogens is 244 g/mol. The molecule has 3 nitrogen and oxygen atoms in total. The van der Waals surface area contributed by atoms with E-state index in [1.165, 1.54) is 16.3 Å². The van der Waals surface area contributed by atoms with Crippen molar-refractivity contribution in [1.82, 2.24) is 10.3 Å². The van der Waals surface area contributed by atoms with E-state index >= 15 is 0 Å². The van der Waals surface area contributed by atoms with Gasteiger partial charge in [0.15, 0.2) is 0 Å². The number of aliphatic hydroxyl groups excluding tert-OH is 1. The Morgan fingerprint density at radius 1 is 1.44 bits per heavy atom. The first-order chi connectivity index (χ1) is 8.61. The van der Waals surface area contributed by atoms with Crippen LogP contribution in [0.25, 0.3) is 0 Å². The van der Waals surface area contributed by atoms with Crippen LogP contribution in [-0.2, 0) is 6.42 Å². The van der Waals surface area contributed by atoms with E-state index in [2.05, 4.69) is 31.1 Å². The first-order valence-corrected chi connectivity index (χ1v) is 7.83. The maximum Gasteiger partial charge on any atom is 0.0928 e. The van der Waals surface area contributed by atoms with Crippen molar-refractivity contribution in [2.24, 2.45) is 0 Å². The van der Waals surface area contributed by atoms with E-state index < -0.39 is 0 Å². The molecule has 1 aliphatic carbocycles. The second kappa shape index (κ2) is 6.13. The molecule has 3 atom stereocenters. The van der Waals surface area contributed by atoms with Crippen LogP contribution in [0, 0.1) is 6.92 Å². The molecule has 102 valence electrons. The van der Waals surface area contributed by atoms with Crippen LogP contribution in [0.4, 0.5) is 0 Å². The molecule has 18 heavy (non-hydrogen) atoms. The highest BCUT2D eigenvalue weighted by molar-refractivity contribution is 7.11. The van der Waals surface area contributed by atoms with Crippen molar-refractivity contribution in [3.05, 3.63) is 15.6 Å². The average molecular weight is 268 g/mol. The van der Waals surface area contributed by atoms with Gasteiger partial charge in [-0.1, -0.05) is 19.8 Å². The summed E-state index contributed by atoms with van der Waals surface area (Å²) >= 11 is 1.80. The summed E-state index contributed by atoms with van der Waals surface area (Å²) in [7, 11) is 0. The Kier molecular flexibility index (Phi) is 4.76. The Labute approximate surface area is 114 Å². The Hall–Kier alpha value is -0.450. The van der Waals surface area contributed by atoms with Gasteiger partial charge in [-0.3, -0.25) is 0 Å². The summed E-state index contributed by atoms with van der Waals surface area (Å²) in [5, 5.41) is 14.8. The molecule has 0 aliphatic heterocycles. The lowest BCUT2D eigenvalue weighted by Gasteiger charge is -2.31. The standard InChI is InChI=1S/C14H24N2OS/c1-4-13-16-10(3)14(18-13)9(2)15-11-7-5-6-8-12(11)17/h9,11-12,15,17H,4-8H2,1-3H3. The summed E-state index contributed by atoms with van der Waals surface area (Å²) in [6.45, 7) is 6.41. The van der Waals surface area contributed by atoms with E-state index in [0.29, 0.717) is 6.04 Å². The lowest BCUT2D eigenvalue weighted by molar-refractivity contribution is 0.0861. The highest BCUT2D eigenvalue weighted by Crippen LogP contribution is 2.27. The number of aliphatic hydroxyl groups is 1. The topological polar surface area (TPSA) is 45.2 Å². The fourth-order valence-corrected chi connectivity index (χ4v) is 3.74. The van der Waals surface area contributed by atoms with E-state index in [1.807, 2.05) is 0 Å². The molecule has 0 bridgehead atoms. The maximum absolute atomic E-state index is 10.0. The molecule has 1 fully saturated rings. The molecule has 0 aromatic carbocycles. The van der Waals surface area contributed by atoms with Gasteiger partial charge in [-0.05, 0) is 33.1 Å². The van der Waals surface area contributed by atoms with Gasteiger partial charge in [0.1, 0.15) is 0 Å². The van der Waals surface area contributed by atoms with Crippen LogP contribution < -0.4 is 5.32 Å². The summed E-state index contributed by atoms with van der Waals surface area (Å²) in [6.07, 6.45) is 5.23. The third kappa shape index (κ3) is 3.11. The Bertz CT molecular complexity index is 391. The van der Waals surface area contributed by atoms with Gasteiger partial charge in [0.2, 0.25) is 0 Å². The molecule has 2 N–H and O–H groups in total. The predicted octanol–water partition coefficient (Wildman–Crippen LogP) is 2.97. The number of hydrogen-bond acceptors (Lipinski definition) is 4. The summed E-state index contributed by atoms with van der Waals surface area (Å²) < 4.78 is 0. The van der Waals surface area contributed by atoms with Gasteiger partial charge < -0.3 is 10.4 Å². The van der Waals surface area contributed by atoms with Crippen molar-refractivity contribution in [2.45, 2.75) is 71.1 Å². The quantitative estimate of drug-likeness (QED) is 0.882. The zero-order valence-electron chi connectivity index (χ0n) is 11.6. The molecular formula is C14H24N2OS. The molecule has 0 saturated heterocycles. The summed E-state index contributed by atoms with van der Waals surface area (Å²) in [6, 6.07) is 0.542. The van der Waals surface area contributed by atoms with E-state index in [4.69, 9.17) is 0 Å². The lowest BCUT2D eigenvalue weighted by Crippen LogP contribution is -2.43. The van der Waals surface area contributed by atoms with Crippen molar-refractivity contribution in [3.8, 4) is 0 Å². The number of thiazole rings is 1. The van der Waals surface area contributed by atoms with Crippen molar-refractivity contribution in [3.63, 3.8) is 0 Å². The zero-order valence-corrected chi connectivity index (χ0v) is 12.4. The number of hydrogen-bond donors (Lipinski definition) is 2. The zero-order chi connectivity index (χ0) is 13.1. The van der Waals surface area contributed by atoms with E-state index in [0.717, 1.165) is 31.4 Å². The van der Waals surface area contributed by atoms with Gasteiger partial charge in [-0.15, -0.1) is 11.3 Å². The second-order valence-electron chi connectivity index (χ2n) is 5.26. The Morgan fingerprint density at radius 3 is 2.78 bits per heavy atom. The fourth-order valence-electron chi connectivity index (χ4n) is 2.72. The second-order valence-corrected chi connectivity index (χ2v) is 6.37. The minimum atomic E-state index is -0.180. The molecule has 3 unspecified atom stereocenters. The van der Waals surface area contributed by atoms with Crippen molar-refractivity contribution < 1.29 is 5.11 Å². The SMILES string of the molecule is CCc1nc(C)c(C(C)NC2CCCCC2O)s1. The molecule has 1 saturated carbocycles. The summed E-state index contributed by atoms with van der Waals surface area (Å²) in [4.78, 5) is 5.90. The van der Waals surface area contributed by atoms with Crippen LogP contribution in [0.2, 0.25) is 0 Å². The highest BCUT2D eigenvalue weighted by atomic mass is 32.1. The minimum Gasteiger partial charge on any atom is -0.392 e.